The van der Waals surface area contributed by atoms with Crippen LogP contribution in [0.3, 0.4) is 0 Å². The van der Waals surface area contributed by atoms with Crippen molar-refractivity contribution in [3.05, 3.63) is 42.0 Å². The predicted octanol–water partition coefficient (Wildman–Crippen LogP) is 4.13. The van der Waals surface area contributed by atoms with Gasteiger partial charge in [0.1, 0.15) is 12.4 Å². The zero-order chi connectivity index (χ0) is 15.7. The van der Waals surface area contributed by atoms with E-state index in [9.17, 15) is 0 Å². The predicted molar refractivity (Wildman–Crippen MR) is 85.8 cm³/mol. The number of ether oxygens (including phenoxy) is 3. The maximum Gasteiger partial charge on any atom is 0.265 e. The number of benzene rings is 1. The smallest absolute Gasteiger partial charge is 0.265 e. The van der Waals surface area contributed by atoms with Gasteiger partial charge in [-0.05, 0) is 23.8 Å². The van der Waals surface area contributed by atoms with E-state index in [1.54, 1.807) is 19.3 Å². The van der Waals surface area contributed by atoms with Gasteiger partial charge in [-0.2, -0.15) is 0 Å². The molecule has 0 atom stereocenters. The number of hydrogen-bond donors (Lipinski definition) is 1. The Morgan fingerprint density at radius 2 is 1.76 bits per heavy atom. The standard InChI is InChI=1S/C14H16Cl3NO3/c1-19-12-6-4-11(5-7-12)10-20-8-2-3-9-21-13(18)14(15,16)17/h2-7,18H,8-10H2,1H3/b3-2-,18-13?. The van der Waals surface area contributed by atoms with E-state index in [1.807, 2.05) is 24.3 Å². The molecule has 116 valence electrons. The Labute approximate surface area is 139 Å². The SMILES string of the molecule is COc1ccc(COC/C=C\COC(=N)C(Cl)(Cl)Cl)cc1. The van der Waals surface area contributed by atoms with Gasteiger partial charge in [-0.15, -0.1) is 0 Å². The molecule has 0 aliphatic carbocycles. The van der Waals surface area contributed by atoms with Crippen LogP contribution in [0, 0.1) is 5.41 Å². The van der Waals surface area contributed by atoms with Crippen LogP contribution in [0.4, 0.5) is 0 Å². The molecule has 1 N–H and O–H groups in total. The van der Waals surface area contributed by atoms with Crippen molar-refractivity contribution in [2.24, 2.45) is 0 Å². The molecule has 1 rings (SSSR count). The molecule has 0 saturated carbocycles. The fraction of sp³-hybridized carbons (Fsp3) is 0.357. The van der Waals surface area contributed by atoms with E-state index in [-0.39, 0.29) is 6.61 Å². The highest BCUT2D eigenvalue weighted by Gasteiger charge is 2.28. The minimum absolute atomic E-state index is 0.151. The van der Waals surface area contributed by atoms with Crippen molar-refractivity contribution in [2.45, 2.75) is 10.4 Å². The topological polar surface area (TPSA) is 51.5 Å². The lowest BCUT2D eigenvalue weighted by Crippen LogP contribution is -2.21. The summed E-state index contributed by atoms with van der Waals surface area (Å²) in [4.78, 5) is 0. The van der Waals surface area contributed by atoms with Crippen LogP contribution in [0.25, 0.3) is 0 Å². The van der Waals surface area contributed by atoms with Crippen LogP contribution in [-0.4, -0.2) is 30.0 Å². The van der Waals surface area contributed by atoms with Crippen molar-refractivity contribution >= 4 is 40.7 Å². The quantitative estimate of drug-likeness (QED) is 0.264. The van der Waals surface area contributed by atoms with Crippen LogP contribution in [0.1, 0.15) is 5.56 Å². The molecule has 0 aliphatic heterocycles. The summed E-state index contributed by atoms with van der Waals surface area (Å²) in [6, 6.07) is 7.64. The summed E-state index contributed by atoms with van der Waals surface area (Å²) in [6.45, 7) is 1.08. The molecular formula is C14H16Cl3NO3. The van der Waals surface area contributed by atoms with Crippen LogP contribution < -0.4 is 4.74 Å². The number of alkyl halides is 3. The van der Waals surface area contributed by atoms with Gasteiger partial charge in [0, 0.05) is 0 Å². The molecule has 0 fully saturated rings. The van der Waals surface area contributed by atoms with E-state index in [0.717, 1.165) is 11.3 Å². The van der Waals surface area contributed by atoms with Gasteiger partial charge in [0.05, 0.1) is 20.3 Å². The number of methoxy groups -OCH3 is 1. The van der Waals surface area contributed by atoms with Gasteiger partial charge < -0.3 is 14.2 Å². The van der Waals surface area contributed by atoms with E-state index in [4.69, 9.17) is 54.4 Å². The van der Waals surface area contributed by atoms with Crippen LogP contribution >= 0.6 is 34.8 Å². The fourth-order valence-corrected chi connectivity index (χ4v) is 1.48. The third kappa shape index (κ3) is 7.58. The minimum Gasteiger partial charge on any atom is -0.497 e. The maximum atomic E-state index is 7.31. The normalized spacial score (nSPS) is 11.6. The summed E-state index contributed by atoms with van der Waals surface area (Å²) in [6.07, 6.45) is 3.47. The van der Waals surface area contributed by atoms with Crippen LogP contribution in [0.2, 0.25) is 0 Å². The lowest BCUT2D eigenvalue weighted by atomic mass is 10.2. The number of hydrogen-bond acceptors (Lipinski definition) is 4. The van der Waals surface area contributed by atoms with Crippen molar-refractivity contribution in [1.29, 1.82) is 5.41 Å². The molecule has 1 aromatic carbocycles. The Bertz CT molecular complexity index is 469. The Kier molecular flexibility index (Phi) is 7.89. The molecule has 4 nitrogen and oxygen atoms in total. The number of halogens is 3. The average Bonchev–Trinajstić information content (AvgIpc) is 2.45. The van der Waals surface area contributed by atoms with Crippen LogP contribution in [-0.2, 0) is 16.1 Å². The van der Waals surface area contributed by atoms with Crippen LogP contribution in [0.5, 0.6) is 5.75 Å². The van der Waals surface area contributed by atoms with Crippen molar-refractivity contribution in [3.63, 3.8) is 0 Å². The van der Waals surface area contributed by atoms with E-state index in [1.165, 1.54) is 0 Å². The monoisotopic (exact) mass is 351 g/mol. The second-order valence-corrected chi connectivity index (χ2v) is 6.25. The zero-order valence-corrected chi connectivity index (χ0v) is 13.7. The van der Waals surface area contributed by atoms with Crippen LogP contribution in [0.15, 0.2) is 36.4 Å². The molecule has 0 radical (unpaired) electrons. The highest BCUT2D eigenvalue weighted by molar-refractivity contribution is 6.76. The van der Waals surface area contributed by atoms with Crippen molar-refractivity contribution in [2.75, 3.05) is 20.3 Å². The number of rotatable bonds is 7. The Morgan fingerprint density at radius 1 is 1.14 bits per heavy atom. The largest absolute Gasteiger partial charge is 0.497 e. The number of nitrogens with one attached hydrogen (secondary N) is 1. The summed E-state index contributed by atoms with van der Waals surface area (Å²) in [5, 5.41) is 7.31. The first kappa shape index (κ1) is 18.1. The van der Waals surface area contributed by atoms with Gasteiger partial charge in [-0.25, -0.2) is 0 Å². The lowest BCUT2D eigenvalue weighted by Gasteiger charge is -2.11. The van der Waals surface area contributed by atoms with E-state index in [2.05, 4.69) is 0 Å². The van der Waals surface area contributed by atoms with Crippen molar-refractivity contribution in [3.8, 4) is 5.75 Å². The molecular weight excluding hydrogens is 337 g/mol. The molecule has 0 spiro atoms. The zero-order valence-electron chi connectivity index (χ0n) is 11.4. The Morgan fingerprint density at radius 3 is 2.33 bits per heavy atom. The molecule has 1 aromatic rings. The van der Waals surface area contributed by atoms with Crippen molar-refractivity contribution in [1.82, 2.24) is 0 Å². The summed E-state index contributed by atoms with van der Waals surface area (Å²) in [5.74, 6) is 0.406. The maximum absolute atomic E-state index is 7.31. The molecule has 0 amide bonds. The van der Waals surface area contributed by atoms with Gasteiger partial charge in [0.15, 0.2) is 0 Å². The van der Waals surface area contributed by atoms with E-state index >= 15 is 0 Å². The summed E-state index contributed by atoms with van der Waals surface area (Å²) in [5.41, 5.74) is 1.05. The molecule has 0 aliphatic rings. The first-order valence-corrected chi connectivity index (χ1v) is 7.21. The Balaban J connectivity index is 2.16. The molecule has 0 bridgehead atoms. The van der Waals surface area contributed by atoms with Gasteiger partial charge in [-0.3, -0.25) is 5.41 Å². The molecule has 0 unspecified atom stereocenters. The Hall–Kier alpha value is -0.940. The van der Waals surface area contributed by atoms with Gasteiger partial charge in [0.2, 0.25) is 5.90 Å². The highest BCUT2D eigenvalue weighted by Crippen LogP contribution is 2.27. The molecule has 21 heavy (non-hydrogen) atoms. The summed E-state index contributed by atoms with van der Waals surface area (Å²) >= 11 is 16.4. The van der Waals surface area contributed by atoms with Crippen molar-refractivity contribution < 1.29 is 14.2 Å². The second-order valence-electron chi connectivity index (χ2n) is 3.97. The minimum atomic E-state index is -1.82. The second kappa shape index (κ2) is 9.15. The molecule has 0 aromatic heterocycles. The average molecular weight is 353 g/mol. The lowest BCUT2D eigenvalue weighted by molar-refractivity contribution is 0.148. The molecule has 0 heterocycles. The first-order valence-electron chi connectivity index (χ1n) is 6.07. The molecule has 0 saturated heterocycles. The van der Waals surface area contributed by atoms with E-state index < -0.39 is 9.69 Å². The van der Waals surface area contributed by atoms with E-state index in [0.29, 0.717) is 13.2 Å². The van der Waals surface area contributed by atoms with Gasteiger partial charge in [-0.1, -0.05) is 53.0 Å². The summed E-state index contributed by atoms with van der Waals surface area (Å²) < 4.78 is 13.6. The molecule has 7 heteroatoms. The highest BCUT2D eigenvalue weighted by atomic mass is 35.6. The summed E-state index contributed by atoms with van der Waals surface area (Å²) in [7, 11) is 1.63. The first-order chi connectivity index (χ1) is 9.93. The third-order valence-corrected chi connectivity index (χ3v) is 2.90. The van der Waals surface area contributed by atoms with Gasteiger partial charge >= 0.3 is 0 Å². The van der Waals surface area contributed by atoms with Gasteiger partial charge in [0.25, 0.3) is 3.79 Å². The fourth-order valence-electron chi connectivity index (χ4n) is 1.32. The third-order valence-electron chi connectivity index (χ3n) is 2.39.